The first-order valence-corrected chi connectivity index (χ1v) is 7.05. The van der Waals surface area contributed by atoms with Crippen LogP contribution in [0.15, 0.2) is 18.2 Å². The number of nitrogens with one attached hydrogen (secondary N) is 1. The van der Waals surface area contributed by atoms with Crippen molar-refractivity contribution in [1.82, 2.24) is 5.32 Å². The van der Waals surface area contributed by atoms with Gasteiger partial charge in [-0.05, 0) is 55.0 Å². The predicted molar refractivity (Wildman–Crippen MR) is 76.6 cm³/mol. The maximum atomic E-state index is 6.24. The van der Waals surface area contributed by atoms with Crippen molar-refractivity contribution in [3.8, 4) is 5.75 Å². The van der Waals surface area contributed by atoms with E-state index in [0.29, 0.717) is 17.8 Å². The summed E-state index contributed by atoms with van der Waals surface area (Å²) in [5.41, 5.74) is 1.35. The molecule has 2 rings (SSSR count). The van der Waals surface area contributed by atoms with E-state index in [1.807, 2.05) is 6.07 Å². The number of methoxy groups -OCH3 is 1. The van der Waals surface area contributed by atoms with Gasteiger partial charge in [0.1, 0.15) is 5.75 Å². The summed E-state index contributed by atoms with van der Waals surface area (Å²) in [6.07, 6.45) is 1.19. The molecule has 0 spiro atoms. The minimum absolute atomic E-state index is 0.606. The highest BCUT2D eigenvalue weighted by Crippen LogP contribution is 2.37. The first-order chi connectivity index (χ1) is 8.63. The van der Waals surface area contributed by atoms with Gasteiger partial charge in [-0.3, -0.25) is 0 Å². The molecule has 3 heteroatoms. The van der Waals surface area contributed by atoms with Crippen molar-refractivity contribution in [1.29, 1.82) is 0 Å². The van der Waals surface area contributed by atoms with Crippen LogP contribution in [-0.2, 0) is 0 Å². The molecule has 0 saturated carbocycles. The first-order valence-electron chi connectivity index (χ1n) is 6.67. The summed E-state index contributed by atoms with van der Waals surface area (Å²) in [5.74, 6) is 2.73. The van der Waals surface area contributed by atoms with Crippen LogP contribution in [0.5, 0.6) is 5.75 Å². The van der Waals surface area contributed by atoms with Gasteiger partial charge in [0.05, 0.1) is 12.1 Å². The van der Waals surface area contributed by atoms with Crippen LogP contribution in [0.25, 0.3) is 0 Å². The van der Waals surface area contributed by atoms with E-state index >= 15 is 0 Å². The Labute approximate surface area is 115 Å². The smallest absolute Gasteiger partial charge is 0.137 e. The molecule has 1 aromatic carbocycles. The normalized spacial score (nSPS) is 24.3. The van der Waals surface area contributed by atoms with Crippen LogP contribution < -0.4 is 10.1 Å². The standard InChI is InChI=1S/C15H22ClNO/c1-10(2)13-9-17-7-6-12(13)11-4-5-15(18-3)14(16)8-11/h4-5,8,10,12-13,17H,6-7,9H2,1-3H3. The number of hydrogen-bond donors (Lipinski definition) is 1. The molecule has 0 aliphatic carbocycles. The Morgan fingerprint density at radius 3 is 2.78 bits per heavy atom. The van der Waals surface area contributed by atoms with Gasteiger partial charge >= 0.3 is 0 Å². The third-order valence-corrected chi connectivity index (χ3v) is 4.28. The number of ether oxygens (including phenoxy) is 1. The number of piperidine rings is 1. The third kappa shape index (κ3) is 2.81. The average Bonchev–Trinajstić information content (AvgIpc) is 2.38. The molecule has 1 fully saturated rings. The second-order valence-corrected chi connectivity index (χ2v) is 5.81. The zero-order valence-electron chi connectivity index (χ0n) is 11.4. The molecule has 2 atom stereocenters. The van der Waals surface area contributed by atoms with Gasteiger partial charge in [0, 0.05) is 0 Å². The van der Waals surface area contributed by atoms with Crippen molar-refractivity contribution in [3.63, 3.8) is 0 Å². The number of hydrogen-bond acceptors (Lipinski definition) is 2. The molecular weight excluding hydrogens is 246 g/mol. The summed E-state index contributed by atoms with van der Waals surface area (Å²) in [4.78, 5) is 0. The Bertz CT molecular complexity index is 405. The molecule has 0 radical (unpaired) electrons. The monoisotopic (exact) mass is 267 g/mol. The molecule has 1 aliphatic rings. The molecule has 2 nitrogen and oxygen atoms in total. The van der Waals surface area contributed by atoms with Crippen molar-refractivity contribution in [2.24, 2.45) is 11.8 Å². The maximum absolute atomic E-state index is 6.24. The molecule has 18 heavy (non-hydrogen) atoms. The highest BCUT2D eigenvalue weighted by Gasteiger charge is 2.28. The van der Waals surface area contributed by atoms with Gasteiger partial charge in [-0.2, -0.15) is 0 Å². The van der Waals surface area contributed by atoms with Gasteiger partial charge < -0.3 is 10.1 Å². The van der Waals surface area contributed by atoms with Gasteiger partial charge in [0.2, 0.25) is 0 Å². The lowest BCUT2D eigenvalue weighted by molar-refractivity contribution is 0.255. The highest BCUT2D eigenvalue weighted by atomic mass is 35.5. The SMILES string of the molecule is COc1ccc(C2CCNCC2C(C)C)cc1Cl. The van der Waals surface area contributed by atoms with E-state index in [0.717, 1.165) is 23.9 Å². The zero-order chi connectivity index (χ0) is 13.1. The summed E-state index contributed by atoms with van der Waals surface area (Å²) in [6.45, 7) is 6.80. The summed E-state index contributed by atoms with van der Waals surface area (Å²) < 4.78 is 5.22. The van der Waals surface area contributed by atoms with E-state index in [2.05, 4.69) is 31.3 Å². The Balaban J connectivity index is 2.25. The fourth-order valence-corrected chi connectivity index (χ4v) is 3.18. The molecule has 1 heterocycles. The lowest BCUT2D eigenvalue weighted by atomic mass is 9.75. The van der Waals surface area contributed by atoms with E-state index in [-0.39, 0.29) is 0 Å². The number of benzene rings is 1. The van der Waals surface area contributed by atoms with E-state index in [9.17, 15) is 0 Å². The minimum atomic E-state index is 0.606. The van der Waals surface area contributed by atoms with Crippen LogP contribution in [0.1, 0.15) is 31.7 Å². The third-order valence-electron chi connectivity index (χ3n) is 3.99. The largest absolute Gasteiger partial charge is 0.495 e. The van der Waals surface area contributed by atoms with Crippen LogP contribution in [-0.4, -0.2) is 20.2 Å². The van der Waals surface area contributed by atoms with Crippen LogP contribution in [0.2, 0.25) is 5.02 Å². The molecule has 0 aromatic heterocycles. The number of halogens is 1. The van der Waals surface area contributed by atoms with Gasteiger partial charge in [-0.15, -0.1) is 0 Å². The fourth-order valence-electron chi connectivity index (χ4n) is 2.91. The van der Waals surface area contributed by atoms with Gasteiger partial charge in [0.25, 0.3) is 0 Å². The molecule has 2 unspecified atom stereocenters. The molecule has 0 amide bonds. The summed E-state index contributed by atoms with van der Waals surface area (Å²) >= 11 is 6.24. The van der Waals surface area contributed by atoms with E-state index in [1.54, 1.807) is 7.11 Å². The van der Waals surface area contributed by atoms with Crippen LogP contribution in [0, 0.1) is 11.8 Å². The van der Waals surface area contributed by atoms with E-state index in [1.165, 1.54) is 12.0 Å². The van der Waals surface area contributed by atoms with Crippen molar-refractivity contribution < 1.29 is 4.74 Å². The lowest BCUT2D eigenvalue weighted by Gasteiger charge is -2.35. The Kier molecular flexibility index (Phi) is 4.52. The van der Waals surface area contributed by atoms with Crippen LogP contribution in [0.4, 0.5) is 0 Å². The van der Waals surface area contributed by atoms with Crippen molar-refractivity contribution in [2.45, 2.75) is 26.2 Å². The predicted octanol–water partition coefficient (Wildman–Crippen LogP) is 3.70. The molecule has 1 aromatic rings. The van der Waals surface area contributed by atoms with Crippen molar-refractivity contribution >= 4 is 11.6 Å². The summed E-state index contributed by atoms with van der Waals surface area (Å²) in [5, 5.41) is 4.21. The second-order valence-electron chi connectivity index (χ2n) is 5.40. The van der Waals surface area contributed by atoms with Gasteiger partial charge in [-0.25, -0.2) is 0 Å². The van der Waals surface area contributed by atoms with Gasteiger partial charge in [0.15, 0.2) is 0 Å². The van der Waals surface area contributed by atoms with Crippen LogP contribution >= 0.6 is 11.6 Å². The fraction of sp³-hybridized carbons (Fsp3) is 0.600. The maximum Gasteiger partial charge on any atom is 0.137 e. The highest BCUT2D eigenvalue weighted by molar-refractivity contribution is 6.32. The number of rotatable bonds is 3. The average molecular weight is 268 g/mol. The van der Waals surface area contributed by atoms with Crippen molar-refractivity contribution in [3.05, 3.63) is 28.8 Å². The molecule has 100 valence electrons. The summed E-state index contributed by atoms with van der Waals surface area (Å²) in [7, 11) is 1.66. The zero-order valence-corrected chi connectivity index (χ0v) is 12.1. The van der Waals surface area contributed by atoms with E-state index in [4.69, 9.17) is 16.3 Å². The first kappa shape index (κ1) is 13.7. The van der Waals surface area contributed by atoms with Gasteiger partial charge in [-0.1, -0.05) is 31.5 Å². The lowest BCUT2D eigenvalue weighted by Crippen LogP contribution is -2.38. The van der Waals surface area contributed by atoms with Crippen LogP contribution in [0.3, 0.4) is 0 Å². The molecular formula is C15H22ClNO. The Hall–Kier alpha value is -0.730. The molecule has 0 bridgehead atoms. The van der Waals surface area contributed by atoms with Crippen molar-refractivity contribution in [2.75, 3.05) is 20.2 Å². The quantitative estimate of drug-likeness (QED) is 0.902. The Morgan fingerprint density at radius 1 is 1.39 bits per heavy atom. The molecule has 1 saturated heterocycles. The minimum Gasteiger partial charge on any atom is -0.495 e. The Morgan fingerprint density at radius 2 is 2.17 bits per heavy atom. The molecule has 1 N–H and O–H groups in total. The molecule has 1 aliphatic heterocycles. The summed E-state index contributed by atoms with van der Waals surface area (Å²) in [6, 6.07) is 6.22. The van der Waals surface area contributed by atoms with E-state index < -0.39 is 0 Å². The second kappa shape index (κ2) is 5.94. The topological polar surface area (TPSA) is 21.3 Å².